The van der Waals surface area contributed by atoms with Gasteiger partial charge < -0.3 is 4.74 Å². The van der Waals surface area contributed by atoms with Crippen molar-refractivity contribution in [1.82, 2.24) is 0 Å². The molecule has 1 aromatic rings. The Morgan fingerprint density at radius 3 is 2.47 bits per heavy atom. The van der Waals surface area contributed by atoms with E-state index in [1.807, 2.05) is 30.3 Å². The summed E-state index contributed by atoms with van der Waals surface area (Å²) in [6.07, 6.45) is 1.67. The van der Waals surface area contributed by atoms with Gasteiger partial charge in [0.25, 0.3) is 0 Å². The minimum atomic E-state index is -0.0827. The molecule has 0 aromatic heterocycles. The Bertz CT molecular complexity index is 401. The van der Waals surface area contributed by atoms with Crippen molar-refractivity contribution in [2.75, 3.05) is 6.61 Å². The Morgan fingerprint density at radius 2 is 1.94 bits per heavy atom. The quantitative estimate of drug-likeness (QED) is 0.566. The molecular weight excluding hydrogens is 208 g/mol. The van der Waals surface area contributed by atoms with Gasteiger partial charge in [-0.1, -0.05) is 56.9 Å². The van der Waals surface area contributed by atoms with Crippen LogP contribution in [0.2, 0.25) is 0 Å². The smallest absolute Gasteiger partial charge is 0.123 e. The van der Waals surface area contributed by atoms with Crippen LogP contribution < -0.4 is 0 Å². The lowest BCUT2D eigenvalue weighted by molar-refractivity contribution is 0.0384. The van der Waals surface area contributed by atoms with Crippen molar-refractivity contribution in [3.8, 4) is 11.8 Å². The van der Waals surface area contributed by atoms with Gasteiger partial charge >= 0.3 is 0 Å². The zero-order valence-electron chi connectivity index (χ0n) is 10.9. The first-order valence-corrected chi connectivity index (χ1v) is 5.83. The van der Waals surface area contributed by atoms with Gasteiger partial charge in [0.15, 0.2) is 0 Å². The van der Waals surface area contributed by atoms with Crippen LogP contribution in [0.15, 0.2) is 43.0 Å². The zero-order valence-corrected chi connectivity index (χ0v) is 10.9. The molecule has 1 heteroatoms. The molecule has 0 fully saturated rings. The van der Waals surface area contributed by atoms with E-state index in [0.717, 1.165) is 5.56 Å². The van der Waals surface area contributed by atoms with Crippen LogP contribution in [0.25, 0.3) is 0 Å². The molecule has 1 nitrogen and oxygen atoms in total. The first-order valence-electron chi connectivity index (χ1n) is 5.83. The fraction of sp³-hybridized carbons (Fsp3) is 0.375. The molecule has 1 unspecified atom stereocenters. The predicted molar refractivity (Wildman–Crippen MR) is 72.7 cm³/mol. The third kappa shape index (κ3) is 4.89. The van der Waals surface area contributed by atoms with Gasteiger partial charge in [0.05, 0.1) is 6.61 Å². The van der Waals surface area contributed by atoms with Crippen LogP contribution in [0.5, 0.6) is 0 Å². The molecule has 0 N–H and O–H groups in total. The van der Waals surface area contributed by atoms with Crippen LogP contribution >= 0.6 is 0 Å². The van der Waals surface area contributed by atoms with E-state index in [1.54, 1.807) is 6.08 Å². The second kappa shape index (κ2) is 6.27. The Balaban J connectivity index is 2.80. The van der Waals surface area contributed by atoms with Crippen molar-refractivity contribution >= 4 is 0 Å². The van der Waals surface area contributed by atoms with Crippen LogP contribution in [-0.4, -0.2) is 12.7 Å². The average molecular weight is 228 g/mol. The monoisotopic (exact) mass is 228 g/mol. The SMILES string of the molecule is C=CCOC(C#Cc1ccccc1)C(C)(C)C. The van der Waals surface area contributed by atoms with Gasteiger partial charge in [-0.15, -0.1) is 6.58 Å². The van der Waals surface area contributed by atoms with Gasteiger partial charge in [-0.05, 0) is 17.5 Å². The van der Waals surface area contributed by atoms with Crippen LogP contribution in [0.1, 0.15) is 26.3 Å². The zero-order chi connectivity index (χ0) is 12.7. The summed E-state index contributed by atoms with van der Waals surface area (Å²) < 4.78 is 5.69. The Labute approximate surface area is 105 Å². The van der Waals surface area contributed by atoms with E-state index in [9.17, 15) is 0 Å². The standard InChI is InChI=1S/C16H20O/c1-5-13-17-15(16(2,3)4)12-11-14-9-7-6-8-10-14/h5-10,15H,1,13H2,2-4H3. The van der Waals surface area contributed by atoms with Crippen molar-refractivity contribution in [2.45, 2.75) is 26.9 Å². The Kier molecular flexibility index (Phi) is 5.00. The van der Waals surface area contributed by atoms with Crippen molar-refractivity contribution in [3.63, 3.8) is 0 Å². The summed E-state index contributed by atoms with van der Waals surface area (Å²) in [5.74, 6) is 6.34. The molecule has 0 bridgehead atoms. The maximum atomic E-state index is 5.69. The minimum Gasteiger partial charge on any atom is -0.361 e. The molecule has 0 aliphatic rings. The van der Waals surface area contributed by atoms with E-state index in [2.05, 4.69) is 39.2 Å². The van der Waals surface area contributed by atoms with Crippen molar-refractivity contribution in [1.29, 1.82) is 0 Å². The number of hydrogen-bond donors (Lipinski definition) is 0. The van der Waals surface area contributed by atoms with Gasteiger partial charge in [0.1, 0.15) is 6.10 Å². The van der Waals surface area contributed by atoms with Gasteiger partial charge in [0, 0.05) is 5.56 Å². The Hall–Kier alpha value is -1.52. The van der Waals surface area contributed by atoms with Gasteiger partial charge in [-0.25, -0.2) is 0 Å². The van der Waals surface area contributed by atoms with E-state index in [1.165, 1.54) is 0 Å². The molecule has 0 heterocycles. The number of hydrogen-bond acceptors (Lipinski definition) is 1. The number of benzene rings is 1. The highest BCUT2D eigenvalue weighted by atomic mass is 16.5. The topological polar surface area (TPSA) is 9.23 Å². The van der Waals surface area contributed by atoms with E-state index in [4.69, 9.17) is 4.74 Å². The fourth-order valence-electron chi connectivity index (χ4n) is 1.34. The first-order chi connectivity index (χ1) is 8.04. The molecule has 0 spiro atoms. The molecular formula is C16H20O. The molecule has 0 saturated heterocycles. The highest BCUT2D eigenvalue weighted by Gasteiger charge is 2.22. The molecule has 17 heavy (non-hydrogen) atoms. The first kappa shape index (κ1) is 13.5. The molecule has 0 aliphatic heterocycles. The molecule has 1 aromatic carbocycles. The van der Waals surface area contributed by atoms with E-state index < -0.39 is 0 Å². The predicted octanol–water partition coefficient (Wildman–Crippen LogP) is 3.66. The minimum absolute atomic E-state index is 0.00475. The molecule has 0 amide bonds. The van der Waals surface area contributed by atoms with Crippen LogP contribution in [-0.2, 0) is 4.74 Å². The van der Waals surface area contributed by atoms with Crippen molar-refractivity contribution < 1.29 is 4.74 Å². The summed E-state index contributed by atoms with van der Waals surface area (Å²) in [6.45, 7) is 10.6. The van der Waals surface area contributed by atoms with Crippen LogP contribution in [0.3, 0.4) is 0 Å². The second-order valence-corrected chi connectivity index (χ2v) is 5.00. The second-order valence-electron chi connectivity index (χ2n) is 5.00. The van der Waals surface area contributed by atoms with E-state index in [0.29, 0.717) is 6.61 Å². The summed E-state index contributed by atoms with van der Waals surface area (Å²) in [5.41, 5.74) is 1.02. The summed E-state index contributed by atoms with van der Waals surface area (Å²) >= 11 is 0. The lowest BCUT2D eigenvalue weighted by Gasteiger charge is -2.25. The molecule has 1 rings (SSSR count). The lowest BCUT2D eigenvalue weighted by atomic mass is 9.89. The number of rotatable bonds is 3. The fourth-order valence-corrected chi connectivity index (χ4v) is 1.34. The summed E-state index contributed by atoms with van der Waals surface area (Å²) in [6, 6.07) is 9.96. The van der Waals surface area contributed by atoms with Crippen LogP contribution in [0.4, 0.5) is 0 Å². The third-order valence-corrected chi connectivity index (χ3v) is 2.29. The summed E-state index contributed by atoms with van der Waals surface area (Å²) in [4.78, 5) is 0. The normalized spacial score (nSPS) is 12.4. The summed E-state index contributed by atoms with van der Waals surface area (Å²) in [7, 11) is 0. The maximum Gasteiger partial charge on any atom is 0.123 e. The number of ether oxygens (including phenoxy) is 1. The average Bonchev–Trinajstić information content (AvgIpc) is 2.29. The molecule has 90 valence electrons. The maximum absolute atomic E-state index is 5.69. The van der Waals surface area contributed by atoms with Gasteiger partial charge in [0.2, 0.25) is 0 Å². The largest absolute Gasteiger partial charge is 0.361 e. The van der Waals surface area contributed by atoms with Crippen molar-refractivity contribution in [2.24, 2.45) is 5.41 Å². The lowest BCUT2D eigenvalue weighted by Crippen LogP contribution is -2.28. The van der Waals surface area contributed by atoms with E-state index >= 15 is 0 Å². The highest BCUT2D eigenvalue weighted by Crippen LogP contribution is 2.21. The van der Waals surface area contributed by atoms with Gasteiger partial charge in [-0.3, -0.25) is 0 Å². The summed E-state index contributed by atoms with van der Waals surface area (Å²) in [5, 5.41) is 0. The van der Waals surface area contributed by atoms with Crippen molar-refractivity contribution in [3.05, 3.63) is 48.6 Å². The molecule has 0 radical (unpaired) electrons. The molecule has 0 saturated carbocycles. The molecule has 1 atom stereocenters. The third-order valence-electron chi connectivity index (χ3n) is 2.29. The Morgan fingerprint density at radius 1 is 1.29 bits per heavy atom. The molecule has 0 aliphatic carbocycles. The van der Waals surface area contributed by atoms with E-state index in [-0.39, 0.29) is 11.5 Å². The van der Waals surface area contributed by atoms with Crippen LogP contribution in [0, 0.1) is 17.3 Å². The van der Waals surface area contributed by atoms with Gasteiger partial charge in [-0.2, -0.15) is 0 Å². The highest BCUT2D eigenvalue weighted by molar-refractivity contribution is 5.34.